The molecule has 170 valence electrons. The molecule has 0 N–H and O–H groups in total. The van der Waals surface area contributed by atoms with Gasteiger partial charge in [0.05, 0.1) is 6.04 Å². The number of rotatable bonds is 2. The zero-order valence-electron chi connectivity index (χ0n) is 17.1. The van der Waals surface area contributed by atoms with Gasteiger partial charge in [-0.05, 0) is 55.4 Å². The first-order chi connectivity index (χ1) is 14.4. The van der Waals surface area contributed by atoms with Gasteiger partial charge >= 0.3 is 21.7 Å². The van der Waals surface area contributed by atoms with Crippen LogP contribution in [-0.2, 0) is 19.0 Å². The Morgan fingerprint density at radius 3 is 2.74 bits per heavy atom. The van der Waals surface area contributed by atoms with E-state index in [9.17, 15) is 26.4 Å². The van der Waals surface area contributed by atoms with Crippen LogP contribution in [0.25, 0.3) is 0 Å². The Hall–Kier alpha value is -1.45. The van der Waals surface area contributed by atoms with Crippen LogP contribution in [0.15, 0.2) is 11.8 Å². The van der Waals surface area contributed by atoms with Gasteiger partial charge in [-0.2, -0.15) is 21.6 Å². The molecule has 2 aliphatic heterocycles. The van der Waals surface area contributed by atoms with Gasteiger partial charge in [0, 0.05) is 29.7 Å². The molecule has 0 aromatic carbocycles. The fourth-order valence-electron chi connectivity index (χ4n) is 9.98. The normalized spacial score (nSPS) is 53.4. The summed E-state index contributed by atoms with van der Waals surface area (Å²) in [4.78, 5) is 15.0. The maximum atomic E-state index is 13.1. The van der Waals surface area contributed by atoms with E-state index >= 15 is 0 Å². The molecule has 6 nitrogen and oxygen atoms in total. The first-order valence-electron chi connectivity index (χ1n) is 11.1. The van der Waals surface area contributed by atoms with E-state index in [-0.39, 0.29) is 34.6 Å². The number of halogens is 3. The number of allylic oxidation sites excluding steroid dienone is 1. The minimum atomic E-state index is -5.72. The standard InChI is InChI=1S/C21H24F3NO5S/c1-17-4-2-5-19-13(17)3-6-18-9-12(30-31(27,28)21(22,23)24)11(7-14(18)19)8-20(18)15(19)25(10-17)16(26)29-20/h9,11,13-15H,2-8,10H2,1H3/t11?,13-,14?,15?,17?,18+,19?,20+/m1/s1. The molecule has 10 heteroatoms. The summed E-state index contributed by atoms with van der Waals surface area (Å²) >= 11 is 0. The molecule has 8 atom stereocenters. The zero-order chi connectivity index (χ0) is 21.8. The second-order valence-corrected chi connectivity index (χ2v) is 12.8. The molecule has 3 spiro atoms. The summed E-state index contributed by atoms with van der Waals surface area (Å²) in [5.41, 5.74) is -6.96. The van der Waals surface area contributed by atoms with E-state index in [2.05, 4.69) is 6.92 Å². The highest BCUT2D eigenvalue weighted by atomic mass is 32.2. The predicted octanol–water partition coefficient (Wildman–Crippen LogP) is 3.94. The molecule has 8 rings (SSSR count). The summed E-state index contributed by atoms with van der Waals surface area (Å²) in [7, 11) is -5.72. The molecule has 4 saturated carbocycles. The smallest absolute Gasteiger partial charge is 0.440 e. The van der Waals surface area contributed by atoms with Gasteiger partial charge in [-0.25, -0.2) is 4.79 Å². The molecule has 6 aliphatic carbocycles. The van der Waals surface area contributed by atoms with Crippen molar-refractivity contribution in [3.05, 3.63) is 11.8 Å². The van der Waals surface area contributed by atoms with Gasteiger partial charge in [0.25, 0.3) is 0 Å². The number of carbonyl (C=O) groups is 1. The Bertz CT molecular complexity index is 1070. The largest absolute Gasteiger partial charge is 0.534 e. The number of amides is 1. The van der Waals surface area contributed by atoms with E-state index in [1.165, 1.54) is 0 Å². The summed E-state index contributed by atoms with van der Waals surface area (Å²) in [5, 5.41) is 0. The molecular weight excluding hydrogens is 435 g/mol. The minimum absolute atomic E-state index is 0.0281. The first-order valence-corrected chi connectivity index (χ1v) is 12.5. The molecule has 0 aromatic rings. The monoisotopic (exact) mass is 459 g/mol. The molecule has 8 aliphatic rings. The van der Waals surface area contributed by atoms with Gasteiger partial charge in [0.2, 0.25) is 0 Å². The summed E-state index contributed by atoms with van der Waals surface area (Å²) < 4.78 is 73.5. The van der Waals surface area contributed by atoms with E-state index in [1.807, 2.05) is 4.90 Å². The molecule has 6 fully saturated rings. The third-order valence-electron chi connectivity index (χ3n) is 10.4. The number of ether oxygens (including phenoxy) is 1. The van der Waals surface area contributed by atoms with E-state index in [0.29, 0.717) is 31.7 Å². The van der Waals surface area contributed by atoms with E-state index < -0.39 is 32.6 Å². The maximum Gasteiger partial charge on any atom is 0.534 e. The quantitative estimate of drug-likeness (QED) is 0.462. The average molecular weight is 459 g/mol. The maximum absolute atomic E-state index is 13.1. The van der Waals surface area contributed by atoms with Crippen molar-refractivity contribution in [2.24, 2.45) is 34.0 Å². The summed E-state index contributed by atoms with van der Waals surface area (Å²) in [6.07, 6.45) is 7.07. The summed E-state index contributed by atoms with van der Waals surface area (Å²) in [5.74, 6) is 0.0569. The number of hydrogen-bond acceptors (Lipinski definition) is 5. The van der Waals surface area contributed by atoms with Gasteiger partial charge in [0.15, 0.2) is 0 Å². The van der Waals surface area contributed by atoms with Gasteiger partial charge in [-0.15, -0.1) is 0 Å². The van der Waals surface area contributed by atoms with Crippen molar-refractivity contribution < 1.29 is 35.3 Å². The Balaban J connectivity index is 1.43. The summed E-state index contributed by atoms with van der Waals surface area (Å²) in [6.45, 7) is 2.96. The SMILES string of the molecule is CC12CCCC34C5N(C1)C(=O)O[C@@]51CC5CC3[C@@]1(C=C5OS(=O)(=O)C(F)(F)F)CC[C@H]24. The van der Waals surface area contributed by atoms with E-state index in [1.54, 1.807) is 6.08 Å². The number of nitrogens with zero attached hydrogens (tertiary/aromatic N) is 1. The van der Waals surface area contributed by atoms with Crippen LogP contribution in [0.1, 0.15) is 51.9 Å². The lowest BCUT2D eigenvalue weighted by molar-refractivity contribution is -0.173. The minimum Gasteiger partial charge on any atom is -0.440 e. The molecule has 2 heterocycles. The lowest BCUT2D eigenvalue weighted by Gasteiger charge is -2.66. The van der Waals surface area contributed by atoms with Crippen molar-refractivity contribution in [2.75, 3.05) is 6.54 Å². The molecule has 0 aromatic heterocycles. The highest BCUT2D eigenvalue weighted by Gasteiger charge is 2.88. The van der Waals surface area contributed by atoms with Crippen LogP contribution >= 0.6 is 0 Å². The number of carbonyl (C=O) groups excluding carboxylic acids is 1. The lowest BCUT2D eigenvalue weighted by atomic mass is 9.41. The number of hydrogen-bond donors (Lipinski definition) is 0. The van der Waals surface area contributed by atoms with Crippen molar-refractivity contribution in [3.8, 4) is 0 Å². The molecule has 2 saturated heterocycles. The van der Waals surface area contributed by atoms with Gasteiger partial charge in [-0.3, -0.25) is 0 Å². The second-order valence-electron chi connectivity index (χ2n) is 11.3. The van der Waals surface area contributed by atoms with Crippen molar-refractivity contribution in [2.45, 2.75) is 69.0 Å². The van der Waals surface area contributed by atoms with Crippen LogP contribution in [0.2, 0.25) is 0 Å². The van der Waals surface area contributed by atoms with Crippen LogP contribution in [0.3, 0.4) is 0 Å². The zero-order valence-corrected chi connectivity index (χ0v) is 17.9. The summed E-state index contributed by atoms with van der Waals surface area (Å²) in [6, 6.07) is -0.0691. The van der Waals surface area contributed by atoms with Gasteiger partial charge in [-0.1, -0.05) is 13.3 Å². The second kappa shape index (κ2) is 4.89. The van der Waals surface area contributed by atoms with Crippen molar-refractivity contribution in [1.82, 2.24) is 4.90 Å². The molecule has 1 amide bonds. The third-order valence-corrected chi connectivity index (χ3v) is 11.4. The topological polar surface area (TPSA) is 72.9 Å². The number of piperidine rings is 1. The van der Waals surface area contributed by atoms with E-state index in [4.69, 9.17) is 8.92 Å². The Morgan fingerprint density at radius 2 is 2.00 bits per heavy atom. The molecule has 5 unspecified atom stereocenters. The fourth-order valence-corrected chi connectivity index (χ4v) is 10.5. The van der Waals surface area contributed by atoms with Crippen LogP contribution < -0.4 is 0 Å². The first kappa shape index (κ1) is 19.1. The lowest BCUT2D eigenvalue weighted by Crippen LogP contribution is -2.66. The van der Waals surface area contributed by atoms with Gasteiger partial charge in [0.1, 0.15) is 11.4 Å². The Labute approximate surface area is 178 Å². The van der Waals surface area contributed by atoms with Crippen molar-refractivity contribution in [1.29, 1.82) is 0 Å². The van der Waals surface area contributed by atoms with Crippen LogP contribution in [0, 0.1) is 34.0 Å². The predicted molar refractivity (Wildman–Crippen MR) is 99.6 cm³/mol. The molecular formula is C21H24F3NO5S. The average Bonchev–Trinajstić information content (AvgIpc) is 2.92. The van der Waals surface area contributed by atoms with E-state index in [0.717, 1.165) is 25.7 Å². The van der Waals surface area contributed by atoms with Crippen molar-refractivity contribution >= 4 is 16.2 Å². The van der Waals surface area contributed by atoms with Crippen LogP contribution in [0.4, 0.5) is 18.0 Å². The molecule has 0 radical (unpaired) electrons. The van der Waals surface area contributed by atoms with Gasteiger partial charge < -0.3 is 13.8 Å². The fraction of sp³-hybridized carbons (Fsp3) is 0.857. The molecule has 31 heavy (non-hydrogen) atoms. The third kappa shape index (κ3) is 1.74. The van der Waals surface area contributed by atoms with Crippen LogP contribution in [-0.4, -0.2) is 43.1 Å². The Morgan fingerprint density at radius 1 is 1.23 bits per heavy atom. The highest BCUT2D eigenvalue weighted by Crippen LogP contribution is 2.84. The number of alkyl halides is 3. The molecule has 6 bridgehead atoms. The highest BCUT2D eigenvalue weighted by molar-refractivity contribution is 7.87. The van der Waals surface area contributed by atoms with Crippen molar-refractivity contribution in [3.63, 3.8) is 0 Å². The Kier molecular flexibility index (Phi) is 3.01. The van der Waals surface area contributed by atoms with Crippen LogP contribution in [0.5, 0.6) is 0 Å².